The van der Waals surface area contributed by atoms with Gasteiger partial charge in [-0.15, -0.1) is 0 Å². The van der Waals surface area contributed by atoms with Crippen molar-refractivity contribution in [3.63, 3.8) is 0 Å². The minimum atomic E-state index is -0.471. The van der Waals surface area contributed by atoms with E-state index in [9.17, 15) is 14.9 Å². The Bertz CT molecular complexity index is 920. The van der Waals surface area contributed by atoms with Crippen molar-refractivity contribution in [2.45, 2.75) is 6.42 Å². The van der Waals surface area contributed by atoms with Crippen LogP contribution >= 0.6 is 11.6 Å². The molecule has 2 aromatic carbocycles. The largest absolute Gasteiger partial charge is 0.352 e. The molecule has 0 spiro atoms. The molecule has 0 aliphatic heterocycles. The third-order valence-electron chi connectivity index (χ3n) is 3.86. The molecule has 0 aliphatic carbocycles. The zero-order valence-corrected chi connectivity index (χ0v) is 14.4. The molecule has 0 unspecified atom stereocenters. The molecular weight excluding hydrogens is 356 g/mol. The van der Waals surface area contributed by atoms with E-state index < -0.39 is 4.92 Å². The van der Waals surface area contributed by atoms with Crippen LogP contribution in [0.4, 0.5) is 5.69 Å². The Hall–Kier alpha value is -3.19. The van der Waals surface area contributed by atoms with Gasteiger partial charge < -0.3 is 5.32 Å². The Kier molecular flexibility index (Phi) is 5.28. The quantitative estimate of drug-likeness (QED) is 0.511. The van der Waals surface area contributed by atoms with E-state index in [0.29, 0.717) is 34.8 Å². The number of aromatic amines is 1. The van der Waals surface area contributed by atoms with Crippen LogP contribution in [0.25, 0.3) is 11.3 Å². The van der Waals surface area contributed by atoms with Gasteiger partial charge in [0.25, 0.3) is 11.6 Å². The monoisotopic (exact) mass is 370 g/mol. The van der Waals surface area contributed by atoms with E-state index in [2.05, 4.69) is 15.5 Å². The predicted octanol–water partition coefficient (Wildman–Crippen LogP) is 3.61. The smallest absolute Gasteiger partial charge is 0.269 e. The van der Waals surface area contributed by atoms with E-state index in [0.717, 1.165) is 5.56 Å². The summed E-state index contributed by atoms with van der Waals surface area (Å²) >= 11 is 5.85. The van der Waals surface area contributed by atoms with Gasteiger partial charge in [-0.1, -0.05) is 23.7 Å². The fraction of sp³-hybridized carbons (Fsp3) is 0.111. The van der Waals surface area contributed by atoms with Crippen molar-refractivity contribution in [2.24, 2.45) is 0 Å². The summed E-state index contributed by atoms with van der Waals surface area (Å²) < 4.78 is 0. The first-order chi connectivity index (χ1) is 12.5. The molecule has 0 fully saturated rings. The molecule has 1 aromatic heterocycles. The highest BCUT2D eigenvalue weighted by Crippen LogP contribution is 2.23. The van der Waals surface area contributed by atoms with E-state index in [1.807, 2.05) is 24.3 Å². The lowest BCUT2D eigenvalue weighted by Crippen LogP contribution is -2.25. The normalized spacial score (nSPS) is 10.5. The Balaban J connectivity index is 1.66. The predicted molar refractivity (Wildman–Crippen MR) is 98.2 cm³/mol. The third kappa shape index (κ3) is 4.07. The highest BCUT2D eigenvalue weighted by molar-refractivity contribution is 6.30. The molecule has 3 rings (SSSR count). The maximum atomic E-state index is 12.4. The van der Waals surface area contributed by atoms with E-state index in [4.69, 9.17) is 11.6 Å². The molecule has 0 radical (unpaired) electrons. The molecular formula is C18H15ClN4O3. The number of non-ortho nitro benzene ring substituents is 1. The second kappa shape index (κ2) is 7.79. The molecule has 8 heteroatoms. The van der Waals surface area contributed by atoms with Gasteiger partial charge in [-0.25, -0.2) is 0 Å². The van der Waals surface area contributed by atoms with Crippen LogP contribution in [0.1, 0.15) is 15.9 Å². The van der Waals surface area contributed by atoms with Gasteiger partial charge >= 0.3 is 0 Å². The second-order valence-corrected chi connectivity index (χ2v) is 6.03. The average Bonchev–Trinajstić information content (AvgIpc) is 3.13. The minimum Gasteiger partial charge on any atom is -0.352 e. The van der Waals surface area contributed by atoms with Crippen molar-refractivity contribution in [3.05, 3.63) is 81.0 Å². The summed E-state index contributed by atoms with van der Waals surface area (Å²) in [6.45, 7) is 0.464. The standard InChI is InChI=1S/C18H15ClN4O3/c19-14-5-1-12(2-6-14)9-10-20-18(24)16-11-21-22-17(16)13-3-7-15(8-4-13)23(25)26/h1-8,11H,9-10H2,(H,20,24)(H,21,22). The molecule has 0 atom stereocenters. The molecule has 132 valence electrons. The molecule has 7 nitrogen and oxygen atoms in total. The van der Waals surface area contributed by atoms with Gasteiger partial charge in [0.1, 0.15) is 0 Å². The summed E-state index contributed by atoms with van der Waals surface area (Å²) in [6, 6.07) is 13.4. The van der Waals surface area contributed by atoms with Crippen LogP contribution in [0.5, 0.6) is 0 Å². The van der Waals surface area contributed by atoms with Gasteiger partial charge in [0.05, 0.1) is 22.4 Å². The molecule has 0 aliphatic rings. The first-order valence-electron chi connectivity index (χ1n) is 7.85. The van der Waals surface area contributed by atoms with Crippen molar-refractivity contribution < 1.29 is 9.72 Å². The number of carbonyl (C=O) groups is 1. The summed E-state index contributed by atoms with van der Waals surface area (Å²) in [5.41, 5.74) is 2.61. The fourth-order valence-electron chi connectivity index (χ4n) is 2.49. The first-order valence-corrected chi connectivity index (χ1v) is 8.23. The summed E-state index contributed by atoms with van der Waals surface area (Å²) in [4.78, 5) is 22.7. The number of nitro benzene ring substituents is 1. The van der Waals surface area contributed by atoms with Crippen molar-refractivity contribution in [2.75, 3.05) is 6.54 Å². The third-order valence-corrected chi connectivity index (χ3v) is 4.12. The van der Waals surface area contributed by atoms with Crippen molar-refractivity contribution in [3.8, 4) is 11.3 Å². The number of hydrogen-bond donors (Lipinski definition) is 2. The average molecular weight is 371 g/mol. The first kappa shape index (κ1) is 17.6. The number of rotatable bonds is 6. The highest BCUT2D eigenvalue weighted by Gasteiger charge is 2.16. The number of H-pyrrole nitrogens is 1. The summed E-state index contributed by atoms with van der Waals surface area (Å²) in [6.07, 6.45) is 2.11. The molecule has 1 amide bonds. The topological polar surface area (TPSA) is 101 Å². The van der Waals surface area contributed by atoms with Crippen LogP contribution < -0.4 is 5.32 Å². The van der Waals surface area contributed by atoms with Gasteiger partial charge in [0.2, 0.25) is 0 Å². The zero-order chi connectivity index (χ0) is 18.5. The summed E-state index contributed by atoms with van der Waals surface area (Å²) in [5, 5.41) is 20.9. The number of nitro groups is 1. The molecule has 0 saturated heterocycles. The minimum absolute atomic E-state index is 0.0118. The molecule has 26 heavy (non-hydrogen) atoms. The Labute approximate surface area is 154 Å². The van der Waals surface area contributed by atoms with Crippen molar-refractivity contribution >= 4 is 23.2 Å². The number of nitrogens with one attached hydrogen (secondary N) is 2. The van der Waals surface area contributed by atoms with Gasteiger partial charge in [-0.05, 0) is 36.2 Å². The Morgan fingerprint density at radius 2 is 1.85 bits per heavy atom. The van der Waals surface area contributed by atoms with Crippen LogP contribution in [0.3, 0.4) is 0 Å². The maximum absolute atomic E-state index is 12.4. The molecule has 3 aromatic rings. The SMILES string of the molecule is O=C(NCCc1ccc(Cl)cc1)c1cn[nH]c1-c1ccc([N+](=O)[O-])cc1. The maximum Gasteiger partial charge on any atom is 0.269 e. The summed E-state index contributed by atoms with van der Waals surface area (Å²) in [7, 11) is 0. The van der Waals surface area contributed by atoms with Crippen LogP contribution in [0.15, 0.2) is 54.7 Å². The Morgan fingerprint density at radius 3 is 2.50 bits per heavy atom. The lowest BCUT2D eigenvalue weighted by atomic mass is 10.1. The number of hydrogen-bond acceptors (Lipinski definition) is 4. The van der Waals surface area contributed by atoms with Gasteiger partial charge in [0, 0.05) is 29.3 Å². The van der Waals surface area contributed by atoms with Crippen LogP contribution in [0.2, 0.25) is 5.02 Å². The zero-order valence-electron chi connectivity index (χ0n) is 13.6. The molecule has 2 N–H and O–H groups in total. The van der Waals surface area contributed by atoms with Crippen molar-refractivity contribution in [1.82, 2.24) is 15.5 Å². The van der Waals surface area contributed by atoms with Gasteiger partial charge in [-0.2, -0.15) is 5.10 Å². The van der Waals surface area contributed by atoms with Gasteiger partial charge in [0.15, 0.2) is 0 Å². The fourth-order valence-corrected chi connectivity index (χ4v) is 2.62. The lowest BCUT2D eigenvalue weighted by molar-refractivity contribution is -0.384. The van der Waals surface area contributed by atoms with E-state index in [-0.39, 0.29) is 11.6 Å². The lowest BCUT2D eigenvalue weighted by Gasteiger charge is -2.06. The Morgan fingerprint density at radius 1 is 1.15 bits per heavy atom. The molecule has 1 heterocycles. The second-order valence-electron chi connectivity index (χ2n) is 5.60. The number of amides is 1. The van der Waals surface area contributed by atoms with E-state index >= 15 is 0 Å². The number of carbonyl (C=O) groups excluding carboxylic acids is 1. The van der Waals surface area contributed by atoms with Crippen molar-refractivity contribution in [1.29, 1.82) is 0 Å². The van der Waals surface area contributed by atoms with Crippen LogP contribution in [-0.2, 0) is 6.42 Å². The number of aromatic nitrogens is 2. The van der Waals surface area contributed by atoms with E-state index in [1.165, 1.54) is 18.3 Å². The van der Waals surface area contributed by atoms with Gasteiger partial charge in [-0.3, -0.25) is 20.0 Å². The number of halogens is 1. The molecule has 0 saturated carbocycles. The van der Waals surface area contributed by atoms with E-state index in [1.54, 1.807) is 12.1 Å². The number of benzene rings is 2. The molecule has 0 bridgehead atoms. The van der Waals surface area contributed by atoms with Crippen LogP contribution in [-0.4, -0.2) is 27.6 Å². The number of nitrogens with zero attached hydrogens (tertiary/aromatic N) is 2. The van der Waals surface area contributed by atoms with Crippen LogP contribution in [0, 0.1) is 10.1 Å². The summed E-state index contributed by atoms with van der Waals surface area (Å²) in [5.74, 6) is -0.263. The highest BCUT2D eigenvalue weighted by atomic mass is 35.5.